The van der Waals surface area contributed by atoms with Crippen molar-refractivity contribution in [1.29, 1.82) is 0 Å². The summed E-state index contributed by atoms with van der Waals surface area (Å²) in [6.07, 6.45) is 0.315. The van der Waals surface area contributed by atoms with Crippen molar-refractivity contribution in [1.82, 2.24) is 5.32 Å². The van der Waals surface area contributed by atoms with Crippen LogP contribution in [0.2, 0.25) is 0 Å². The lowest BCUT2D eigenvalue weighted by Crippen LogP contribution is -2.41. The van der Waals surface area contributed by atoms with E-state index >= 15 is 0 Å². The van der Waals surface area contributed by atoms with E-state index in [1.165, 1.54) is 0 Å². The number of carbonyl (C=O) groups excluding carboxylic acids is 1. The van der Waals surface area contributed by atoms with Gasteiger partial charge in [0.25, 0.3) is 0 Å². The molecule has 2 N–H and O–H groups in total. The molecule has 0 saturated heterocycles. The van der Waals surface area contributed by atoms with Crippen molar-refractivity contribution >= 4 is 5.91 Å². The van der Waals surface area contributed by atoms with Gasteiger partial charge in [0, 0.05) is 0 Å². The van der Waals surface area contributed by atoms with Crippen LogP contribution in [0.15, 0.2) is 24.3 Å². The smallest absolute Gasteiger partial charge is 0.224 e. The summed E-state index contributed by atoms with van der Waals surface area (Å²) in [7, 11) is 0. The molecule has 0 heterocycles. The number of nitrogens with one attached hydrogen (secondary N) is 1. The first-order valence-corrected chi connectivity index (χ1v) is 6.68. The van der Waals surface area contributed by atoms with Gasteiger partial charge < -0.3 is 15.2 Å². The SMILES string of the molecule is CCOc1ccc(CC(=O)NC(CO)C(C)C)cc1. The molecule has 1 rings (SSSR count). The third-order valence-corrected chi connectivity index (χ3v) is 2.95. The van der Waals surface area contributed by atoms with E-state index in [0.717, 1.165) is 11.3 Å². The minimum absolute atomic E-state index is 0.0350. The number of aliphatic hydroxyl groups excluding tert-OH is 1. The minimum atomic E-state index is -0.185. The molecular formula is C15H23NO3. The first-order valence-electron chi connectivity index (χ1n) is 6.68. The summed E-state index contributed by atoms with van der Waals surface area (Å²) in [5, 5.41) is 12.0. The first-order chi connectivity index (χ1) is 9.06. The second-order valence-electron chi connectivity index (χ2n) is 4.85. The van der Waals surface area contributed by atoms with Crippen molar-refractivity contribution in [3.8, 4) is 5.75 Å². The van der Waals surface area contributed by atoms with Crippen LogP contribution in [0.4, 0.5) is 0 Å². The van der Waals surface area contributed by atoms with E-state index in [2.05, 4.69) is 5.32 Å². The van der Waals surface area contributed by atoms with Crippen LogP contribution in [0.25, 0.3) is 0 Å². The lowest BCUT2D eigenvalue weighted by atomic mass is 10.0. The largest absolute Gasteiger partial charge is 0.494 e. The standard InChI is InChI=1S/C15H23NO3/c1-4-19-13-7-5-12(6-8-13)9-15(18)16-14(10-17)11(2)3/h5-8,11,14,17H,4,9-10H2,1-3H3,(H,16,18). The molecule has 4 heteroatoms. The molecule has 106 valence electrons. The summed E-state index contributed by atoms with van der Waals surface area (Å²) in [5.74, 6) is 0.952. The van der Waals surface area contributed by atoms with Gasteiger partial charge in [0.1, 0.15) is 5.75 Å². The number of amides is 1. The van der Waals surface area contributed by atoms with E-state index in [1.54, 1.807) is 0 Å². The zero-order valence-electron chi connectivity index (χ0n) is 11.8. The number of carbonyl (C=O) groups is 1. The van der Waals surface area contributed by atoms with Gasteiger partial charge in [-0.15, -0.1) is 0 Å². The Hall–Kier alpha value is -1.55. The van der Waals surface area contributed by atoms with Gasteiger partial charge in [-0.3, -0.25) is 4.79 Å². The molecule has 1 aromatic rings. The Morgan fingerprint density at radius 1 is 1.32 bits per heavy atom. The van der Waals surface area contributed by atoms with Gasteiger partial charge in [0.15, 0.2) is 0 Å². The Balaban J connectivity index is 2.52. The van der Waals surface area contributed by atoms with Crippen molar-refractivity contribution < 1.29 is 14.6 Å². The van der Waals surface area contributed by atoms with Crippen molar-refractivity contribution in [3.05, 3.63) is 29.8 Å². The number of ether oxygens (including phenoxy) is 1. The van der Waals surface area contributed by atoms with Crippen LogP contribution in [0.3, 0.4) is 0 Å². The molecule has 1 unspecified atom stereocenters. The quantitative estimate of drug-likeness (QED) is 0.790. The van der Waals surface area contributed by atoms with Crippen LogP contribution >= 0.6 is 0 Å². The van der Waals surface area contributed by atoms with Gasteiger partial charge in [-0.1, -0.05) is 26.0 Å². The number of benzene rings is 1. The highest BCUT2D eigenvalue weighted by Crippen LogP contribution is 2.12. The molecule has 1 atom stereocenters. The van der Waals surface area contributed by atoms with Crippen LogP contribution in [0.1, 0.15) is 26.3 Å². The molecule has 0 saturated carbocycles. The van der Waals surface area contributed by atoms with Gasteiger partial charge in [-0.25, -0.2) is 0 Å². The average molecular weight is 265 g/mol. The molecule has 0 aliphatic carbocycles. The van der Waals surface area contributed by atoms with Crippen LogP contribution in [-0.2, 0) is 11.2 Å². The third-order valence-electron chi connectivity index (χ3n) is 2.95. The number of aliphatic hydroxyl groups is 1. The molecule has 0 spiro atoms. The summed E-state index contributed by atoms with van der Waals surface area (Å²) >= 11 is 0. The predicted molar refractivity (Wildman–Crippen MR) is 75.2 cm³/mol. The van der Waals surface area contributed by atoms with Crippen LogP contribution in [0.5, 0.6) is 5.75 Å². The molecule has 0 fully saturated rings. The summed E-state index contributed by atoms with van der Waals surface area (Å²) in [5.41, 5.74) is 0.932. The molecule has 0 aromatic heterocycles. The fourth-order valence-corrected chi connectivity index (χ4v) is 1.74. The predicted octanol–water partition coefficient (Wildman–Crippen LogP) is 1.76. The normalized spacial score (nSPS) is 12.3. The molecule has 0 radical (unpaired) electrons. The van der Waals surface area contributed by atoms with Crippen molar-refractivity contribution in [2.24, 2.45) is 5.92 Å². The van der Waals surface area contributed by atoms with Crippen molar-refractivity contribution in [2.45, 2.75) is 33.2 Å². The Bertz CT molecular complexity index is 387. The van der Waals surface area contributed by atoms with E-state index in [0.29, 0.717) is 13.0 Å². The molecule has 0 aliphatic heterocycles. The second kappa shape index (κ2) is 7.79. The zero-order chi connectivity index (χ0) is 14.3. The van der Waals surface area contributed by atoms with Gasteiger partial charge in [0.05, 0.1) is 25.7 Å². The number of hydrogen-bond acceptors (Lipinski definition) is 3. The van der Waals surface area contributed by atoms with E-state index in [9.17, 15) is 9.90 Å². The molecule has 1 amide bonds. The fourth-order valence-electron chi connectivity index (χ4n) is 1.74. The summed E-state index contributed by atoms with van der Waals surface area (Å²) in [4.78, 5) is 11.8. The highest BCUT2D eigenvalue weighted by atomic mass is 16.5. The Kier molecular flexibility index (Phi) is 6.36. The van der Waals surface area contributed by atoms with Gasteiger partial charge in [0.2, 0.25) is 5.91 Å². The zero-order valence-corrected chi connectivity index (χ0v) is 11.8. The summed E-state index contributed by atoms with van der Waals surface area (Å²) in [6, 6.07) is 7.30. The first kappa shape index (κ1) is 15.5. The van der Waals surface area contributed by atoms with Crippen LogP contribution in [0, 0.1) is 5.92 Å². The minimum Gasteiger partial charge on any atom is -0.494 e. The maximum absolute atomic E-state index is 11.8. The van der Waals surface area contributed by atoms with Gasteiger partial charge in [-0.05, 0) is 30.5 Å². The lowest BCUT2D eigenvalue weighted by molar-refractivity contribution is -0.121. The molecule has 4 nitrogen and oxygen atoms in total. The molecular weight excluding hydrogens is 242 g/mol. The second-order valence-corrected chi connectivity index (χ2v) is 4.85. The van der Waals surface area contributed by atoms with Crippen LogP contribution < -0.4 is 10.1 Å². The maximum Gasteiger partial charge on any atom is 0.224 e. The highest BCUT2D eigenvalue weighted by Gasteiger charge is 2.15. The Morgan fingerprint density at radius 3 is 2.42 bits per heavy atom. The van der Waals surface area contributed by atoms with Gasteiger partial charge in [-0.2, -0.15) is 0 Å². The third kappa shape index (κ3) is 5.30. The summed E-state index contributed by atoms with van der Waals surface area (Å²) in [6.45, 7) is 6.47. The van der Waals surface area contributed by atoms with E-state index in [4.69, 9.17) is 4.74 Å². The highest BCUT2D eigenvalue weighted by molar-refractivity contribution is 5.78. The van der Waals surface area contributed by atoms with E-state index in [1.807, 2.05) is 45.0 Å². The Morgan fingerprint density at radius 2 is 1.95 bits per heavy atom. The lowest BCUT2D eigenvalue weighted by Gasteiger charge is -2.19. The topological polar surface area (TPSA) is 58.6 Å². The monoisotopic (exact) mass is 265 g/mol. The fraction of sp³-hybridized carbons (Fsp3) is 0.533. The summed E-state index contributed by atoms with van der Waals surface area (Å²) < 4.78 is 5.35. The number of rotatable bonds is 7. The van der Waals surface area contributed by atoms with Gasteiger partial charge >= 0.3 is 0 Å². The number of hydrogen-bond donors (Lipinski definition) is 2. The average Bonchev–Trinajstić information content (AvgIpc) is 2.38. The molecule has 19 heavy (non-hydrogen) atoms. The molecule has 0 bridgehead atoms. The molecule has 0 aliphatic rings. The molecule has 1 aromatic carbocycles. The maximum atomic E-state index is 11.8. The Labute approximate surface area is 114 Å². The van der Waals surface area contributed by atoms with Crippen molar-refractivity contribution in [3.63, 3.8) is 0 Å². The van der Waals surface area contributed by atoms with Crippen molar-refractivity contribution in [2.75, 3.05) is 13.2 Å². The van der Waals surface area contributed by atoms with E-state index in [-0.39, 0.29) is 24.5 Å². The van der Waals surface area contributed by atoms with Crippen LogP contribution in [-0.4, -0.2) is 30.3 Å². The van der Waals surface area contributed by atoms with E-state index < -0.39 is 0 Å².